The van der Waals surface area contributed by atoms with Gasteiger partial charge in [-0.2, -0.15) is 0 Å². The Morgan fingerprint density at radius 3 is 2.61 bits per heavy atom. The molecule has 1 N–H and O–H groups in total. The van der Waals surface area contributed by atoms with Crippen molar-refractivity contribution in [1.29, 1.82) is 0 Å². The summed E-state index contributed by atoms with van der Waals surface area (Å²) in [5.74, 6) is 0.302. The topological polar surface area (TPSA) is 99.9 Å². The van der Waals surface area contributed by atoms with Gasteiger partial charge in [0.05, 0.1) is 20.6 Å². The predicted molar refractivity (Wildman–Crippen MR) is 79.3 cm³/mol. The molecule has 1 heterocycles. The van der Waals surface area contributed by atoms with Gasteiger partial charge in [0.1, 0.15) is 6.26 Å². The lowest BCUT2D eigenvalue weighted by Crippen LogP contribution is -2.21. The van der Waals surface area contributed by atoms with Crippen LogP contribution in [0.5, 0.6) is 11.5 Å². The van der Waals surface area contributed by atoms with Gasteiger partial charge in [0.25, 0.3) is 5.91 Å². The molecule has 0 bridgehead atoms. The van der Waals surface area contributed by atoms with Crippen LogP contribution in [0.1, 0.15) is 5.56 Å². The molecule has 0 aliphatic rings. The van der Waals surface area contributed by atoms with Gasteiger partial charge in [-0.25, -0.2) is 0 Å². The first-order chi connectivity index (χ1) is 11.1. The molecule has 0 saturated carbocycles. The minimum Gasteiger partial charge on any atom is -0.493 e. The molecule has 1 aromatic heterocycles. The Morgan fingerprint density at radius 2 is 1.96 bits per heavy atom. The number of nitrogens with one attached hydrogen (secondary N) is 1. The second kappa shape index (κ2) is 7.83. The summed E-state index contributed by atoms with van der Waals surface area (Å²) in [6, 6.07) is 6.57. The number of carbonyl (C=O) groups excluding carboxylic acids is 2. The van der Waals surface area contributed by atoms with Gasteiger partial charge >= 0.3 is 5.97 Å². The summed E-state index contributed by atoms with van der Waals surface area (Å²) in [4.78, 5) is 23.3. The minimum absolute atomic E-state index is 0.0115. The molecule has 8 heteroatoms. The molecule has 0 unspecified atom stereocenters. The van der Waals surface area contributed by atoms with Gasteiger partial charge in [0, 0.05) is 6.07 Å². The second-order valence-electron chi connectivity index (χ2n) is 4.46. The maximum Gasteiger partial charge on any atom is 0.310 e. The van der Waals surface area contributed by atoms with Gasteiger partial charge in [-0.1, -0.05) is 11.2 Å². The number of rotatable bonds is 7. The van der Waals surface area contributed by atoms with E-state index in [4.69, 9.17) is 14.2 Å². The molecule has 0 aliphatic carbocycles. The minimum atomic E-state index is -0.535. The Labute approximate surface area is 132 Å². The van der Waals surface area contributed by atoms with Gasteiger partial charge in [0.15, 0.2) is 23.9 Å². The molecule has 0 aliphatic heterocycles. The standard InChI is InChI=1S/C15H16N2O6/c1-20-11-4-3-10(7-12(11)21-2)8-15(19)22-9-14(18)16-13-5-6-23-17-13/h3-7H,8-9H2,1-2H3,(H,16,17,18). The lowest BCUT2D eigenvalue weighted by Gasteiger charge is -2.09. The van der Waals surface area contributed by atoms with Gasteiger partial charge in [-0.15, -0.1) is 0 Å². The Bertz CT molecular complexity index is 669. The summed E-state index contributed by atoms with van der Waals surface area (Å²) in [5.41, 5.74) is 0.685. The van der Waals surface area contributed by atoms with Crippen molar-refractivity contribution >= 4 is 17.7 Å². The molecule has 2 rings (SSSR count). The van der Waals surface area contributed by atoms with Crippen molar-refractivity contribution in [2.75, 3.05) is 26.1 Å². The zero-order valence-electron chi connectivity index (χ0n) is 12.7. The molecule has 0 saturated heterocycles. The summed E-state index contributed by atoms with van der Waals surface area (Å²) in [7, 11) is 3.04. The second-order valence-corrected chi connectivity index (χ2v) is 4.46. The maximum absolute atomic E-state index is 11.8. The smallest absolute Gasteiger partial charge is 0.310 e. The van der Waals surface area contributed by atoms with E-state index in [0.29, 0.717) is 17.1 Å². The average molecular weight is 320 g/mol. The third kappa shape index (κ3) is 4.73. The van der Waals surface area contributed by atoms with E-state index in [-0.39, 0.29) is 12.2 Å². The molecule has 8 nitrogen and oxygen atoms in total. The zero-order valence-corrected chi connectivity index (χ0v) is 12.7. The van der Waals surface area contributed by atoms with E-state index in [2.05, 4.69) is 15.0 Å². The summed E-state index contributed by atoms with van der Waals surface area (Å²) in [6.07, 6.45) is 1.33. The molecule has 122 valence electrons. The third-order valence-electron chi connectivity index (χ3n) is 2.87. The molecule has 0 spiro atoms. The van der Waals surface area contributed by atoms with Gasteiger partial charge in [0.2, 0.25) is 0 Å². The van der Waals surface area contributed by atoms with Crippen LogP contribution in [0, 0.1) is 0 Å². The van der Waals surface area contributed by atoms with Crippen LogP contribution in [0.2, 0.25) is 0 Å². The van der Waals surface area contributed by atoms with E-state index in [0.717, 1.165) is 0 Å². The van der Waals surface area contributed by atoms with Crippen LogP contribution < -0.4 is 14.8 Å². The van der Waals surface area contributed by atoms with Crippen molar-refractivity contribution in [2.45, 2.75) is 6.42 Å². The van der Waals surface area contributed by atoms with Crippen molar-refractivity contribution in [3.05, 3.63) is 36.1 Å². The normalized spacial score (nSPS) is 10.0. The summed E-state index contributed by atoms with van der Waals surface area (Å²) >= 11 is 0. The summed E-state index contributed by atoms with van der Waals surface area (Å²) in [5, 5.41) is 5.93. The summed E-state index contributed by atoms with van der Waals surface area (Å²) < 4.78 is 19.7. The molecular weight excluding hydrogens is 304 g/mol. The highest BCUT2D eigenvalue weighted by molar-refractivity contribution is 5.91. The number of hydrogen-bond donors (Lipinski definition) is 1. The average Bonchev–Trinajstić information content (AvgIpc) is 3.05. The largest absolute Gasteiger partial charge is 0.493 e. The van der Waals surface area contributed by atoms with Gasteiger partial charge in [-0.3, -0.25) is 9.59 Å². The van der Waals surface area contributed by atoms with Crippen LogP contribution in [0.4, 0.5) is 5.82 Å². The van der Waals surface area contributed by atoms with Crippen molar-refractivity contribution in [1.82, 2.24) is 5.16 Å². The third-order valence-corrected chi connectivity index (χ3v) is 2.87. The van der Waals surface area contributed by atoms with Gasteiger partial charge in [-0.05, 0) is 17.7 Å². The Kier molecular flexibility index (Phi) is 5.56. The van der Waals surface area contributed by atoms with E-state index >= 15 is 0 Å². The Hall–Kier alpha value is -3.03. The molecule has 2 aromatic rings. The summed E-state index contributed by atoms with van der Waals surface area (Å²) in [6.45, 7) is -0.404. The number of amides is 1. The van der Waals surface area contributed by atoms with Crippen LogP contribution in [0.3, 0.4) is 0 Å². The van der Waals surface area contributed by atoms with E-state index in [1.54, 1.807) is 18.2 Å². The van der Waals surface area contributed by atoms with E-state index in [9.17, 15) is 9.59 Å². The number of esters is 1. The van der Waals surface area contributed by atoms with Gasteiger partial charge < -0.3 is 24.1 Å². The first-order valence-electron chi connectivity index (χ1n) is 6.69. The Balaban J connectivity index is 1.83. The monoisotopic (exact) mass is 320 g/mol. The highest BCUT2D eigenvalue weighted by Crippen LogP contribution is 2.27. The fourth-order valence-electron chi connectivity index (χ4n) is 1.81. The molecule has 0 radical (unpaired) electrons. The number of anilines is 1. The van der Waals surface area contributed by atoms with Crippen molar-refractivity contribution in [2.24, 2.45) is 0 Å². The number of benzene rings is 1. The first-order valence-corrected chi connectivity index (χ1v) is 6.69. The highest BCUT2D eigenvalue weighted by Gasteiger charge is 2.12. The SMILES string of the molecule is COc1ccc(CC(=O)OCC(=O)Nc2ccon2)cc1OC. The number of aromatic nitrogens is 1. The number of ether oxygens (including phenoxy) is 3. The molecule has 1 aromatic carbocycles. The van der Waals surface area contributed by atoms with Crippen molar-refractivity contribution < 1.29 is 28.3 Å². The fraction of sp³-hybridized carbons (Fsp3) is 0.267. The molecule has 0 atom stereocenters. The number of hydrogen-bond acceptors (Lipinski definition) is 7. The van der Waals surface area contributed by atoms with Crippen LogP contribution in [-0.4, -0.2) is 37.9 Å². The van der Waals surface area contributed by atoms with Crippen LogP contribution in [0.15, 0.2) is 35.1 Å². The zero-order chi connectivity index (χ0) is 16.7. The highest BCUT2D eigenvalue weighted by atomic mass is 16.5. The lowest BCUT2D eigenvalue weighted by atomic mass is 10.1. The molecule has 23 heavy (non-hydrogen) atoms. The molecule has 0 fully saturated rings. The van der Waals surface area contributed by atoms with Crippen molar-refractivity contribution in [3.63, 3.8) is 0 Å². The van der Waals surface area contributed by atoms with Crippen LogP contribution in [-0.2, 0) is 20.7 Å². The van der Waals surface area contributed by atoms with Crippen LogP contribution >= 0.6 is 0 Å². The Morgan fingerprint density at radius 1 is 1.17 bits per heavy atom. The van der Waals surface area contributed by atoms with E-state index in [1.807, 2.05) is 0 Å². The van der Waals surface area contributed by atoms with Crippen LogP contribution in [0.25, 0.3) is 0 Å². The number of nitrogens with zero attached hydrogens (tertiary/aromatic N) is 1. The number of methoxy groups -OCH3 is 2. The number of carbonyl (C=O) groups is 2. The molecular formula is C15H16N2O6. The maximum atomic E-state index is 11.8. The molecule has 1 amide bonds. The quantitative estimate of drug-likeness (QED) is 0.770. The first kappa shape index (κ1) is 16.3. The lowest BCUT2D eigenvalue weighted by molar-refractivity contribution is -0.146. The van der Waals surface area contributed by atoms with E-state index < -0.39 is 18.5 Å². The van der Waals surface area contributed by atoms with E-state index in [1.165, 1.54) is 26.5 Å². The van der Waals surface area contributed by atoms with Crippen molar-refractivity contribution in [3.8, 4) is 11.5 Å². The predicted octanol–water partition coefficient (Wildman–Crippen LogP) is 1.42. The fourth-order valence-corrected chi connectivity index (χ4v) is 1.81.